The van der Waals surface area contributed by atoms with E-state index >= 15 is 0 Å². The molecule has 13 heteroatoms. The number of carbonyl (C=O) groups excluding carboxylic acids is 1. The maximum atomic E-state index is 13.5. The molecule has 1 aliphatic carbocycles. The standard InChI is InChI=1S/C32H34FN7O4S/c1-43-26-8-2-20(3-9-26)30(41)39-28-17-21(10-12-35-28)22-16-25(38-29(18-22)37-24-6-4-23(33)5-7-24)11-14-44-15-13-36-32-27(19-34)31(42)40-45-32/h4-7,10,12,16-18,20,26,36H,2-3,8-9,11,13-15H2,1H3,(H,37,38)(H,40,42)(H,35,39,41). The number of rotatable bonds is 13. The molecule has 45 heavy (non-hydrogen) atoms. The number of ether oxygens (including phenoxy) is 2. The fourth-order valence-electron chi connectivity index (χ4n) is 5.14. The summed E-state index contributed by atoms with van der Waals surface area (Å²) in [5, 5.41) is 18.9. The number of anilines is 4. The number of halogens is 1. The molecule has 5 rings (SSSR count). The van der Waals surface area contributed by atoms with Crippen molar-refractivity contribution in [2.24, 2.45) is 5.92 Å². The molecule has 4 N–H and O–H groups in total. The van der Waals surface area contributed by atoms with Crippen LogP contribution >= 0.6 is 11.5 Å². The number of nitrogens with one attached hydrogen (secondary N) is 4. The van der Waals surface area contributed by atoms with Crippen LogP contribution in [0.1, 0.15) is 36.9 Å². The Bertz CT molecular complexity index is 1690. The summed E-state index contributed by atoms with van der Waals surface area (Å²) in [6, 6.07) is 15.5. The number of benzene rings is 1. The van der Waals surface area contributed by atoms with Crippen LogP contribution in [-0.4, -0.2) is 53.2 Å². The number of methoxy groups -OCH3 is 1. The first-order valence-electron chi connectivity index (χ1n) is 14.7. The van der Waals surface area contributed by atoms with E-state index in [0.29, 0.717) is 48.5 Å². The third kappa shape index (κ3) is 8.72. The van der Waals surface area contributed by atoms with Gasteiger partial charge in [0.25, 0.3) is 5.56 Å². The quantitative estimate of drug-likeness (QED) is 0.141. The zero-order valence-electron chi connectivity index (χ0n) is 24.8. The second kappa shape index (κ2) is 15.4. The number of carbonyl (C=O) groups is 1. The van der Waals surface area contributed by atoms with E-state index in [0.717, 1.165) is 54.0 Å². The summed E-state index contributed by atoms with van der Waals surface area (Å²) >= 11 is 1.08. The molecule has 1 fully saturated rings. The second-order valence-corrected chi connectivity index (χ2v) is 11.4. The molecule has 0 spiro atoms. The van der Waals surface area contributed by atoms with Crippen molar-refractivity contribution < 1.29 is 18.7 Å². The van der Waals surface area contributed by atoms with Gasteiger partial charge in [0.2, 0.25) is 5.91 Å². The van der Waals surface area contributed by atoms with Gasteiger partial charge in [0.05, 0.1) is 19.3 Å². The van der Waals surface area contributed by atoms with Crippen LogP contribution in [0, 0.1) is 23.1 Å². The molecule has 3 aromatic heterocycles. The van der Waals surface area contributed by atoms with Crippen LogP contribution in [0.4, 0.5) is 26.7 Å². The van der Waals surface area contributed by atoms with E-state index in [2.05, 4.69) is 25.3 Å². The number of nitriles is 1. The summed E-state index contributed by atoms with van der Waals surface area (Å²) in [6.45, 7) is 1.16. The van der Waals surface area contributed by atoms with Gasteiger partial charge >= 0.3 is 0 Å². The third-order valence-electron chi connectivity index (χ3n) is 7.56. The Labute approximate surface area is 264 Å². The molecule has 1 aliphatic rings. The molecule has 0 unspecified atom stereocenters. The summed E-state index contributed by atoms with van der Waals surface area (Å²) < 4.78 is 27.2. The fraction of sp³-hybridized carbons (Fsp3) is 0.344. The van der Waals surface area contributed by atoms with Crippen molar-refractivity contribution in [2.75, 3.05) is 42.8 Å². The lowest BCUT2D eigenvalue weighted by atomic mass is 9.87. The number of H-pyrrole nitrogens is 1. The van der Waals surface area contributed by atoms with Crippen molar-refractivity contribution >= 4 is 39.8 Å². The predicted octanol–water partition coefficient (Wildman–Crippen LogP) is 5.46. The number of hydrogen-bond donors (Lipinski definition) is 4. The summed E-state index contributed by atoms with van der Waals surface area (Å²) in [5.74, 6) is 0.601. The van der Waals surface area contributed by atoms with Crippen molar-refractivity contribution in [3.05, 3.63) is 82.2 Å². The van der Waals surface area contributed by atoms with E-state index in [1.165, 1.54) is 12.1 Å². The maximum absolute atomic E-state index is 13.5. The molecule has 11 nitrogen and oxygen atoms in total. The van der Waals surface area contributed by atoms with Crippen LogP contribution in [0.3, 0.4) is 0 Å². The summed E-state index contributed by atoms with van der Waals surface area (Å²) in [5.41, 5.74) is 2.81. The van der Waals surface area contributed by atoms with Crippen molar-refractivity contribution in [1.29, 1.82) is 5.26 Å². The molecule has 1 aromatic carbocycles. The van der Waals surface area contributed by atoms with Crippen LogP contribution in [0.25, 0.3) is 11.1 Å². The van der Waals surface area contributed by atoms with Crippen LogP contribution in [-0.2, 0) is 20.7 Å². The molecule has 4 aromatic rings. The van der Waals surface area contributed by atoms with E-state index in [-0.39, 0.29) is 29.3 Å². The number of pyridine rings is 2. The van der Waals surface area contributed by atoms with E-state index in [1.54, 1.807) is 25.4 Å². The highest BCUT2D eigenvalue weighted by molar-refractivity contribution is 7.10. The van der Waals surface area contributed by atoms with E-state index in [1.807, 2.05) is 30.3 Å². The summed E-state index contributed by atoms with van der Waals surface area (Å²) in [6.07, 6.45) is 5.67. The highest BCUT2D eigenvalue weighted by Crippen LogP contribution is 2.29. The molecule has 234 valence electrons. The summed E-state index contributed by atoms with van der Waals surface area (Å²) in [4.78, 5) is 33.7. The molecule has 0 aliphatic heterocycles. The molecular weight excluding hydrogens is 597 g/mol. The van der Waals surface area contributed by atoms with Crippen molar-refractivity contribution in [3.8, 4) is 17.2 Å². The SMILES string of the molecule is COC1CCC(C(=O)Nc2cc(-c3cc(CCOCCNc4s[nH]c(=O)c4C#N)nc(Nc4ccc(F)cc4)c3)ccn2)CC1. The Balaban J connectivity index is 1.25. The van der Waals surface area contributed by atoms with Gasteiger partial charge in [0, 0.05) is 43.6 Å². The molecule has 0 bridgehead atoms. The van der Waals surface area contributed by atoms with E-state index in [9.17, 15) is 14.0 Å². The van der Waals surface area contributed by atoms with Crippen LogP contribution in [0.15, 0.2) is 59.5 Å². The topological polar surface area (TPSA) is 154 Å². The number of aromatic amines is 1. The highest BCUT2D eigenvalue weighted by atomic mass is 32.1. The van der Waals surface area contributed by atoms with Crippen LogP contribution in [0.2, 0.25) is 0 Å². The molecule has 0 saturated heterocycles. The minimum absolute atomic E-state index is 0.0375. The van der Waals surface area contributed by atoms with Gasteiger partial charge in [-0.3, -0.25) is 14.0 Å². The molecule has 0 radical (unpaired) electrons. The van der Waals surface area contributed by atoms with Crippen LogP contribution in [0.5, 0.6) is 0 Å². The number of hydrogen-bond acceptors (Lipinski definition) is 10. The lowest BCUT2D eigenvalue weighted by Crippen LogP contribution is -2.29. The van der Waals surface area contributed by atoms with Crippen molar-refractivity contribution in [3.63, 3.8) is 0 Å². The average Bonchev–Trinajstić information content (AvgIpc) is 3.42. The number of nitrogens with zero attached hydrogens (tertiary/aromatic N) is 3. The molecule has 1 saturated carbocycles. The first kappa shape index (κ1) is 31.8. The van der Waals surface area contributed by atoms with Crippen molar-refractivity contribution in [2.45, 2.75) is 38.2 Å². The second-order valence-electron chi connectivity index (χ2n) is 10.6. The lowest BCUT2D eigenvalue weighted by Gasteiger charge is -2.26. The Kier molecular flexibility index (Phi) is 10.9. The van der Waals surface area contributed by atoms with Crippen LogP contribution < -0.4 is 21.5 Å². The number of amides is 1. The zero-order valence-corrected chi connectivity index (χ0v) is 25.6. The highest BCUT2D eigenvalue weighted by Gasteiger charge is 2.26. The van der Waals surface area contributed by atoms with Gasteiger partial charge in [-0.15, -0.1) is 0 Å². The molecule has 1 amide bonds. The minimum atomic E-state index is -0.407. The lowest BCUT2D eigenvalue weighted by molar-refractivity contribution is -0.121. The molecule has 3 heterocycles. The molecule has 0 atom stereocenters. The Morgan fingerprint density at radius 1 is 1.09 bits per heavy atom. The summed E-state index contributed by atoms with van der Waals surface area (Å²) in [7, 11) is 1.71. The van der Waals surface area contributed by atoms with Gasteiger partial charge in [-0.1, -0.05) is 0 Å². The maximum Gasteiger partial charge on any atom is 0.278 e. The van der Waals surface area contributed by atoms with Gasteiger partial charge in [-0.05, 0) is 96.9 Å². The van der Waals surface area contributed by atoms with Gasteiger partial charge in [0.15, 0.2) is 5.56 Å². The zero-order chi connectivity index (χ0) is 31.6. The van der Waals surface area contributed by atoms with Gasteiger partial charge in [-0.25, -0.2) is 14.4 Å². The van der Waals surface area contributed by atoms with E-state index < -0.39 is 5.56 Å². The third-order valence-corrected chi connectivity index (χ3v) is 8.40. The largest absolute Gasteiger partial charge is 0.381 e. The van der Waals surface area contributed by atoms with E-state index in [4.69, 9.17) is 19.7 Å². The molecular formula is C32H34FN7O4S. The first-order valence-corrected chi connectivity index (χ1v) is 15.5. The number of aromatic nitrogens is 3. The fourth-order valence-corrected chi connectivity index (χ4v) is 5.85. The predicted molar refractivity (Wildman–Crippen MR) is 171 cm³/mol. The van der Waals surface area contributed by atoms with Gasteiger partial charge in [-0.2, -0.15) is 5.26 Å². The monoisotopic (exact) mass is 631 g/mol. The Morgan fingerprint density at radius 3 is 2.62 bits per heavy atom. The first-order chi connectivity index (χ1) is 21.9. The van der Waals surface area contributed by atoms with Gasteiger partial charge < -0.3 is 25.4 Å². The minimum Gasteiger partial charge on any atom is -0.381 e. The smallest absolute Gasteiger partial charge is 0.278 e. The average molecular weight is 632 g/mol. The van der Waals surface area contributed by atoms with Crippen molar-refractivity contribution in [1.82, 2.24) is 14.3 Å². The Hall–Kier alpha value is -4.64. The Morgan fingerprint density at radius 2 is 1.87 bits per heavy atom. The normalized spacial score (nSPS) is 16.1. The van der Waals surface area contributed by atoms with Gasteiger partial charge in [0.1, 0.15) is 28.5 Å².